The number of anilines is 1. The lowest BCUT2D eigenvalue weighted by molar-refractivity contribution is 0.631. The van der Waals surface area contributed by atoms with Gasteiger partial charge in [-0.3, -0.25) is 0 Å². The summed E-state index contributed by atoms with van der Waals surface area (Å²) in [5, 5.41) is 0.398. The van der Waals surface area contributed by atoms with Gasteiger partial charge < -0.3 is 5.73 Å². The topological polar surface area (TPSA) is 26.0 Å². The lowest BCUT2D eigenvalue weighted by Crippen LogP contribution is -1.90. The Hall–Kier alpha value is -1.54. The molecular formula is C13H11ClFN. The van der Waals surface area contributed by atoms with Crippen LogP contribution in [-0.2, 0) is 0 Å². The molecule has 0 saturated carbocycles. The smallest absolute Gasteiger partial charge is 0.132 e. The van der Waals surface area contributed by atoms with Crippen LogP contribution in [-0.4, -0.2) is 0 Å². The van der Waals surface area contributed by atoms with E-state index < -0.39 is 0 Å². The Morgan fingerprint density at radius 3 is 2.38 bits per heavy atom. The molecule has 0 aromatic heterocycles. The van der Waals surface area contributed by atoms with Crippen molar-refractivity contribution in [1.82, 2.24) is 0 Å². The van der Waals surface area contributed by atoms with Crippen LogP contribution in [0.5, 0.6) is 0 Å². The molecule has 0 aliphatic carbocycles. The zero-order valence-corrected chi connectivity index (χ0v) is 9.55. The van der Waals surface area contributed by atoms with Crippen LogP contribution in [0.25, 0.3) is 11.1 Å². The summed E-state index contributed by atoms with van der Waals surface area (Å²) in [5.74, 6) is -0.319. The van der Waals surface area contributed by atoms with Crippen molar-refractivity contribution in [2.24, 2.45) is 0 Å². The van der Waals surface area contributed by atoms with Gasteiger partial charge in [-0.2, -0.15) is 0 Å². The van der Waals surface area contributed by atoms with E-state index >= 15 is 0 Å². The average Bonchev–Trinajstić information content (AvgIpc) is 2.19. The van der Waals surface area contributed by atoms with Crippen LogP contribution >= 0.6 is 11.6 Å². The fourth-order valence-electron chi connectivity index (χ4n) is 1.70. The molecule has 0 bridgehead atoms. The predicted octanol–water partition coefficient (Wildman–Crippen LogP) is 4.04. The van der Waals surface area contributed by atoms with E-state index in [-0.39, 0.29) is 5.82 Å². The minimum atomic E-state index is -0.319. The average molecular weight is 236 g/mol. The molecule has 16 heavy (non-hydrogen) atoms. The van der Waals surface area contributed by atoms with Crippen LogP contribution in [0.3, 0.4) is 0 Å². The highest BCUT2D eigenvalue weighted by molar-refractivity contribution is 6.30. The largest absolute Gasteiger partial charge is 0.399 e. The quantitative estimate of drug-likeness (QED) is 0.742. The molecular weight excluding hydrogens is 225 g/mol. The van der Waals surface area contributed by atoms with Gasteiger partial charge in [0.15, 0.2) is 0 Å². The molecule has 0 aliphatic heterocycles. The number of hydrogen-bond acceptors (Lipinski definition) is 1. The van der Waals surface area contributed by atoms with Crippen molar-refractivity contribution in [2.45, 2.75) is 6.92 Å². The summed E-state index contributed by atoms with van der Waals surface area (Å²) in [4.78, 5) is 0. The van der Waals surface area contributed by atoms with Crippen molar-refractivity contribution in [3.05, 3.63) is 52.8 Å². The van der Waals surface area contributed by atoms with E-state index in [4.69, 9.17) is 17.3 Å². The molecule has 82 valence electrons. The Balaban J connectivity index is 2.59. The van der Waals surface area contributed by atoms with Crippen molar-refractivity contribution in [2.75, 3.05) is 5.73 Å². The van der Waals surface area contributed by atoms with Gasteiger partial charge in [-0.05, 0) is 48.4 Å². The lowest BCUT2D eigenvalue weighted by Gasteiger charge is -2.08. The summed E-state index contributed by atoms with van der Waals surface area (Å²) in [7, 11) is 0. The normalized spacial score (nSPS) is 10.4. The summed E-state index contributed by atoms with van der Waals surface area (Å²) in [5.41, 5.74) is 8.65. The standard InChI is InChI=1S/C13H11ClFN/c1-8-6-10(16)3-5-11(8)12-4-2-9(14)7-13(12)15/h2-7H,16H2,1H3. The van der Waals surface area contributed by atoms with Crippen molar-refractivity contribution < 1.29 is 4.39 Å². The molecule has 0 unspecified atom stereocenters. The summed E-state index contributed by atoms with van der Waals surface area (Å²) in [6.45, 7) is 1.90. The van der Waals surface area contributed by atoms with Gasteiger partial charge in [-0.25, -0.2) is 4.39 Å². The van der Waals surface area contributed by atoms with Gasteiger partial charge in [-0.1, -0.05) is 17.7 Å². The number of aryl methyl sites for hydroxylation is 1. The molecule has 3 heteroatoms. The van der Waals surface area contributed by atoms with Crippen molar-refractivity contribution in [1.29, 1.82) is 0 Å². The highest BCUT2D eigenvalue weighted by Gasteiger charge is 2.08. The van der Waals surface area contributed by atoms with Gasteiger partial charge in [0.05, 0.1) is 0 Å². The first-order chi connectivity index (χ1) is 7.58. The zero-order valence-electron chi connectivity index (χ0n) is 8.80. The van der Waals surface area contributed by atoms with E-state index in [0.29, 0.717) is 16.3 Å². The fraction of sp³-hybridized carbons (Fsp3) is 0.0769. The highest BCUT2D eigenvalue weighted by atomic mass is 35.5. The van der Waals surface area contributed by atoms with Crippen LogP contribution in [0.4, 0.5) is 10.1 Å². The van der Waals surface area contributed by atoms with Crippen LogP contribution in [0, 0.1) is 12.7 Å². The fourth-order valence-corrected chi connectivity index (χ4v) is 1.86. The van der Waals surface area contributed by atoms with E-state index in [2.05, 4.69) is 0 Å². The van der Waals surface area contributed by atoms with E-state index in [9.17, 15) is 4.39 Å². The third-order valence-electron chi connectivity index (χ3n) is 2.47. The van der Waals surface area contributed by atoms with Crippen LogP contribution in [0.2, 0.25) is 5.02 Å². The summed E-state index contributed by atoms with van der Waals surface area (Å²) in [6, 6.07) is 10.1. The van der Waals surface area contributed by atoms with Crippen LogP contribution in [0.1, 0.15) is 5.56 Å². The van der Waals surface area contributed by atoms with E-state index in [1.54, 1.807) is 18.2 Å². The number of hydrogen-bond donors (Lipinski definition) is 1. The zero-order chi connectivity index (χ0) is 11.7. The Labute approximate surface area is 98.7 Å². The molecule has 0 fully saturated rings. The summed E-state index contributed by atoms with van der Waals surface area (Å²) in [6.07, 6.45) is 0. The molecule has 0 radical (unpaired) electrons. The number of nitrogen functional groups attached to an aromatic ring is 1. The molecule has 0 atom stereocenters. The molecule has 2 aromatic carbocycles. The molecule has 1 nitrogen and oxygen atoms in total. The van der Waals surface area contributed by atoms with E-state index in [1.165, 1.54) is 6.07 Å². The molecule has 0 amide bonds. The van der Waals surface area contributed by atoms with Gasteiger partial charge in [0.2, 0.25) is 0 Å². The summed E-state index contributed by atoms with van der Waals surface area (Å²) >= 11 is 5.71. The Kier molecular flexibility index (Phi) is 2.84. The minimum Gasteiger partial charge on any atom is -0.399 e. The van der Waals surface area contributed by atoms with Crippen molar-refractivity contribution >= 4 is 17.3 Å². The second-order valence-corrected chi connectivity index (χ2v) is 4.13. The maximum absolute atomic E-state index is 13.7. The first-order valence-corrected chi connectivity index (χ1v) is 5.27. The Bertz CT molecular complexity index is 488. The first kappa shape index (κ1) is 11.0. The van der Waals surface area contributed by atoms with Crippen LogP contribution in [0.15, 0.2) is 36.4 Å². The third-order valence-corrected chi connectivity index (χ3v) is 2.71. The molecule has 2 N–H and O–H groups in total. The first-order valence-electron chi connectivity index (χ1n) is 4.89. The molecule has 0 spiro atoms. The number of rotatable bonds is 1. The van der Waals surface area contributed by atoms with Gasteiger partial charge in [0.1, 0.15) is 5.82 Å². The number of halogens is 2. The van der Waals surface area contributed by atoms with Crippen LogP contribution < -0.4 is 5.73 Å². The molecule has 2 aromatic rings. The lowest BCUT2D eigenvalue weighted by atomic mass is 10.00. The number of nitrogens with two attached hydrogens (primary N) is 1. The second-order valence-electron chi connectivity index (χ2n) is 3.70. The molecule has 2 rings (SSSR count). The molecule has 0 aliphatic rings. The SMILES string of the molecule is Cc1cc(N)ccc1-c1ccc(Cl)cc1F. The highest BCUT2D eigenvalue weighted by Crippen LogP contribution is 2.28. The summed E-state index contributed by atoms with van der Waals surface area (Å²) < 4.78 is 13.7. The van der Waals surface area contributed by atoms with Gasteiger partial charge in [-0.15, -0.1) is 0 Å². The Morgan fingerprint density at radius 2 is 1.75 bits per heavy atom. The molecule has 0 saturated heterocycles. The number of benzene rings is 2. The van der Waals surface area contributed by atoms with Crippen molar-refractivity contribution in [3.63, 3.8) is 0 Å². The van der Waals surface area contributed by atoms with Crippen molar-refractivity contribution in [3.8, 4) is 11.1 Å². The van der Waals surface area contributed by atoms with Gasteiger partial charge in [0.25, 0.3) is 0 Å². The van der Waals surface area contributed by atoms with Gasteiger partial charge in [0, 0.05) is 16.3 Å². The minimum absolute atomic E-state index is 0.319. The third kappa shape index (κ3) is 2.02. The predicted molar refractivity (Wildman–Crippen MR) is 66.0 cm³/mol. The monoisotopic (exact) mass is 235 g/mol. The van der Waals surface area contributed by atoms with E-state index in [0.717, 1.165) is 11.1 Å². The molecule has 0 heterocycles. The maximum atomic E-state index is 13.7. The van der Waals surface area contributed by atoms with Gasteiger partial charge >= 0.3 is 0 Å². The second kappa shape index (κ2) is 4.14. The Morgan fingerprint density at radius 1 is 1.06 bits per heavy atom. The van der Waals surface area contributed by atoms with E-state index in [1.807, 2.05) is 19.1 Å². The maximum Gasteiger partial charge on any atom is 0.132 e.